The van der Waals surface area contributed by atoms with E-state index in [2.05, 4.69) is 16.0 Å². The van der Waals surface area contributed by atoms with Gasteiger partial charge in [0.15, 0.2) is 0 Å². The van der Waals surface area contributed by atoms with Crippen molar-refractivity contribution in [2.24, 2.45) is 0 Å². The summed E-state index contributed by atoms with van der Waals surface area (Å²) in [6, 6.07) is 17.3. The van der Waals surface area contributed by atoms with Crippen LogP contribution in [0, 0.1) is 13.8 Å². The van der Waals surface area contributed by atoms with Crippen LogP contribution in [-0.4, -0.2) is 37.1 Å². The Bertz CT molecular complexity index is 1360. The van der Waals surface area contributed by atoms with E-state index in [1.54, 1.807) is 43.5 Å². The summed E-state index contributed by atoms with van der Waals surface area (Å²) < 4.78 is 5.54. The molecule has 3 aromatic rings. The zero-order chi connectivity index (χ0) is 27.1. The van der Waals surface area contributed by atoms with E-state index in [0.29, 0.717) is 22.6 Å². The Labute approximate surface area is 215 Å². The summed E-state index contributed by atoms with van der Waals surface area (Å²) in [6.07, 6.45) is 0. The van der Waals surface area contributed by atoms with Crippen molar-refractivity contribution in [2.75, 3.05) is 19.5 Å². The highest BCUT2D eigenvalue weighted by Crippen LogP contribution is 2.35. The van der Waals surface area contributed by atoms with Crippen LogP contribution in [0.4, 0.5) is 5.69 Å². The molecule has 0 heterocycles. The number of hydrogen-bond acceptors (Lipinski definition) is 6. The number of hydroxylamine groups is 1. The molecule has 0 radical (unpaired) electrons. The Morgan fingerprint density at radius 3 is 2.14 bits per heavy atom. The second-order valence-corrected chi connectivity index (χ2v) is 8.36. The highest BCUT2D eigenvalue weighted by atomic mass is 16.5. The fourth-order valence-corrected chi connectivity index (χ4v) is 3.97. The maximum absolute atomic E-state index is 13.1. The van der Waals surface area contributed by atoms with Gasteiger partial charge in [-0.25, -0.2) is 0 Å². The average Bonchev–Trinajstić information content (AvgIpc) is 2.88. The molecule has 0 bridgehead atoms. The Kier molecular flexibility index (Phi) is 8.65. The van der Waals surface area contributed by atoms with Crippen LogP contribution >= 0.6 is 0 Å². The Morgan fingerprint density at radius 1 is 0.865 bits per heavy atom. The number of methoxy groups -OCH3 is 1. The Morgan fingerprint density at radius 2 is 1.51 bits per heavy atom. The number of carbonyl (C=O) groups is 3. The molecule has 0 saturated carbocycles. The number of nitrogens with one attached hydrogen (secondary N) is 4. The van der Waals surface area contributed by atoms with Crippen LogP contribution < -0.4 is 26.2 Å². The number of aryl methyl sites for hydroxylation is 2. The first-order valence-corrected chi connectivity index (χ1v) is 11.5. The normalized spacial score (nSPS) is 11.2. The minimum atomic E-state index is -0.708. The smallest absolute Gasteiger partial charge is 0.275 e. The minimum absolute atomic E-state index is 0.0943. The lowest BCUT2D eigenvalue weighted by atomic mass is 9.93. The number of rotatable bonds is 8. The second kappa shape index (κ2) is 11.9. The van der Waals surface area contributed by atoms with E-state index in [1.165, 1.54) is 20.0 Å². The van der Waals surface area contributed by atoms with Gasteiger partial charge in [0.25, 0.3) is 17.7 Å². The van der Waals surface area contributed by atoms with Crippen molar-refractivity contribution in [3.63, 3.8) is 0 Å². The number of anilines is 1. The van der Waals surface area contributed by atoms with E-state index in [0.717, 1.165) is 22.3 Å². The topological polar surface area (TPSA) is 129 Å². The standard InChI is InChI=1S/C28H30N4O5/c1-16-8-6-9-17(2)24(16)22-15-20(12-13-23(22)37-5)27(34)30-18(3)25(32-36)28(35)31-21-11-7-10-19(14-21)26(33)29-4/h6-15,32,36H,1-5H3,(H,29,33)(H,30,34)(H,31,35)/b25-18-. The summed E-state index contributed by atoms with van der Waals surface area (Å²) in [5.74, 6) is -0.872. The molecule has 5 N–H and O–H groups in total. The summed E-state index contributed by atoms with van der Waals surface area (Å²) in [5, 5.41) is 17.4. The summed E-state index contributed by atoms with van der Waals surface area (Å²) >= 11 is 0. The van der Waals surface area contributed by atoms with Crippen LogP contribution in [-0.2, 0) is 4.79 Å². The maximum atomic E-state index is 13.1. The van der Waals surface area contributed by atoms with Crippen LogP contribution in [0.5, 0.6) is 5.75 Å². The van der Waals surface area contributed by atoms with Crippen LogP contribution in [0.25, 0.3) is 11.1 Å². The van der Waals surface area contributed by atoms with Gasteiger partial charge in [0.05, 0.1) is 7.11 Å². The zero-order valence-electron chi connectivity index (χ0n) is 21.4. The average molecular weight is 503 g/mol. The molecule has 0 aromatic heterocycles. The molecule has 0 atom stereocenters. The molecule has 3 amide bonds. The van der Waals surface area contributed by atoms with Gasteiger partial charge in [-0.15, -0.1) is 0 Å². The van der Waals surface area contributed by atoms with Crippen LogP contribution in [0.15, 0.2) is 72.1 Å². The van der Waals surface area contributed by atoms with E-state index < -0.39 is 11.8 Å². The number of carbonyl (C=O) groups excluding carboxylic acids is 3. The first-order chi connectivity index (χ1) is 17.7. The molecular formula is C28H30N4O5. The maximum Gasteiger partial charge on any atom is 0.275 e. The summed E-state index contributed by atoms with van der Waals surface area (Å²) in [4.78, 5) is 37.7. The molecule has 0 fully saturated rings. The van der Waals surface area contributed by atoms with Gasteiger partial charge in [-0.3, -0.25) is 25.1 Å². The van der Waals surface area contributed by atoms with Crippen molar-refractivity contribution in [3.05, 3.63) is 94.3 Å². The van der Waals surface area contributed by atoms with Gasteiger partial charge in [-0.05, 0) is 73.9 Å². The lowest BCUT2D eigenvalue weighted by Crippen LogP contribution is -2.31. The predicted octanol–water partition coefficient (Wildman–Crippen LogP) is 3.92. The van der Waals surface area contributed by atoms with Crippen molar-refractivity contribution in [2.45, 2.75) is 20.8 Å². The zero-order valence-corrected chi connectivity index (χ0v) is 21.4. The number of hydrogen-bond donors (Lipinski definition) is 5. The van der Waals surface area contributed by atoms with Gasteiger partial charge < -0.3 is 20.7 Å². The van der Waals surface area contributed by atoms with Crippen LogP contribution in [0.3, 0.4) is 0 Å². The number of ether oxygens (including phenoxy) is 1. The quantitative estimate of drug-likeness (QED) is 0.235. The van der Waals surface area contributed by atoms with E-state index >= 15 is 0 Å². The summed E-state index contributed by atoms with van der Waals surface area (Å²) in [7, 11) is 3.07. The van der Waals surface area contributed by atoms with Gasteiger partial charge in [0, 0.05) is 35.1 Å². The van der Waals surface area contributed by atoms with Crippen molar-refractivity contribution in [1.29, 1.82) is 0 Å². The molecule has 9 nitrogen and oxygen atoms in total. The molecule has 0 saturated heterocycles. The molecule has 0 aliphatic rings. The van der Waals surface area contributed by atoms with Gasteiger partial charge in [0.2, 0.25) is 0 Å². The number of amides is 3. The van der Waals surface area contributed by atoms with Crippen LogP contribution in [0.1, 0.15) is 38.8 Å². The highest BCUT2D eigenvalue weighted by molar-refractivity contribution is 6.05. The third-order valence-corrected chi connectivity index (χ3v) is 5.84. The Balaban J connectivity index is 1.87. The van der Waals surface area contributed by atoms with Crippen molar-refractivity contribution >= 4 is 23.4 Å². The molecule has 192 valence electrons. The Hall–Kier alpha value is -4.63. The van der Waals surface area contributed by atoms with Gasteiger partial charge >= 0.3 is 0 Å². The molecule has 3 aromatic carbocycles. The lowest BCUT2D eigenvalue weighted by Gasteiger charge is -2.16. The van der Waals surface area contributed by atoms with Crippen LogP contribution in [0.2, 0.25) is 0 Å². The largest absolute Gasteiger partial charge is 0.496 e. The van der Waals surface area contributed by atoms with E-state index in [-0.39, 0.29) is 17.3 Å². The molecule has 3 rings (SSSR count). The highest BCUT2D eigenvalue weighted by Gasteiger charge is 2.18. The summed E-state index contributed by atoms with van der Waals surface area (Å²) in [5.41, 5.74) is 6.53. The SMILES string of the molecule is CNC(=O)c1cccc(NC(=O)/C(NO)=C(\C)NC(=O)c2ccc(OC)c(-c3c(C)cccc3C)c2)c1. The summed E-state index contributed by atoms with van der Waals surface area (Å²) in [6.45, 7) is 5.46. The number of benzene rings is 3. The first kappa shape index (κ1) is 27.0. The molecule has 37 heavy (non-hydrogen) atoms. The van der Waals surface area contributed by atoms with Crippen molar-refractivity contribution in [1.82, 2.24) is 16.1 Å². The molecule has 0 aliphatic heterocycles. The fourth-order valence-electron chi connectivity index (χ4n) is 3.97. The lowest BCUT2D eigenvalue weighted by molar-refractivity contribution is -0.114. The second-order valence-electron chi connectivity index (χ2n) is 8.36. The monoisotopic (exact) mass is 502 g/mol. The fraction of sp³-hybridized carbons (Fsp3) is 0.179. The minimum Gasteiger partial charge on any atom is -0.496 e. The number of allylic oxidation sites excluding steroid dienone is 1. The van der Waals surface area contributed by atoms with E-state index in [4.69, 9.17) is 4.74 Å². The molecule has 0 aliphatic carbocycles. The third-order valence-electron chi connectivity index (χ3n) is 5.84. The molecule has 0 spiro atoms. The van der Waals surface area contributed by atoms with Crippen molar-refractivity contribution in [3.8, 4) is 16.9 Å². The van der Waals surface area contributed by atoms with Crippen molar-refractivity contribution < 1.29 is 24.3 Å². The van der Waals surface area contributed by atoms with Gasteiger partial charge in [0.1, 0.15) is 11.4 Å². The molecule has 9 heteroatoms. The molecule has 0 unspecified atom stereocenters. The molecular weight excluding hydrogens is 472 g/mol. The van der Waals surface area contributed by atoms with Gasteiger partial charge in [-0.1, -0.05) is 24.3 Å². The first-order valence-electron chi connectivity index (χ1n) is 11.5. The predicted molar refractivity (Wildman–Crippen MR) is 141 cm³/mol. The third kappa shape index (κ3) is 6.14. The van der Waals surface area contributed by atoms with E-state index in [1.807, 2.05) is 37.5 Å². The van der Waals surface area contributed by atoms with E-state index in [9.17, 15) is 19.6 Å². The van der Waals surface area contributed by atoms with Gasteiger partial charge in [-0.2, -0.15) is 0 Å².